The second kappa shape index (κ2) is 10.4. The molecule has 0 unspecified atom stereocenters. The van der Waals surface area contributed by atoms with Gasteiger partial charge in [-0.2, -0.15) is 0 Å². The van der Waals surface area contributed by atoms with E-state index in [4.69, 9.17) is 5.73 Å². The van der Waals surface area contributed by atoms with E-state index in [9.17, 15) is 9.90 Å². The third-order valence-electron chi connectivity index (χ3n) is 6.58. The number of hydrogen-bond acceptors (Lipinski definition) is 4. The number of piperidine rings is 1. The molecule has 3 N–H and O–H groups in total. The molecule has 2 heterocycles. The maximum Gasteiger partial charge on any atom is 0.248 e. The fourth-order valence-electron chi connectivity index (χ4n) is 5.03. The Morgan fingerprint density at radius 1 is 1.00 bits per heavy atom. The van der Waals surface area contributed by atoms with Gasteiger partial charge in [0.15, 0.2) is 0 Å². The molecule has 33 heavy (non-hydrogen) atoms. The number of amides is 1. The van der Waals surface area contributed by atoms with E-state index in [-0.39, 0.29) is 11.7 Å². The predicted octanol–water partition coefficient (Wildman–Crippen LogP) is 5.78. The molecule has 0 spiro atoms. The average molecular weight is 461 g/mol. The fourth-order valence-corrected chi connectivity index (χ4v) is 5.78. The molecular formula is C28H32N2O2S. The van der Waals surface area contributed by atoms with E-state index in [0.29, 0.717) is 5.56 Å². The number of primary amides is 1. The first kappa shape index (κ1) is 23.3. The first-order chi connectivity index (χ1) is 16.0. The Morgan fingerprint density at radius 3 is 2.30 bits per heavy atom. The molecule has 1 aliphatic rings. The van der Waals surface area contributed by atoms with Crippen LogP contribution in [0.4, 0.5) is 0 Å². The quantitative estimate of drug-likeness (QED) is 0.470. The van der Waals surface area contributed by atoms with Crippen LogP contribution in [0.15, 0.2) is 59.5 Å². The Bertz CT molecular complexity index is 1150. The van der Waals surface area contributed by atoms with Crippen LogP contribution < -0.4 is 5.73 Å². The van der Waals surface area contributed by atoms with Crippen LogP contribution in [0.2, 0.25) is 0 Å². The Hall–Kier alpha value is -2.89. The highest BCUT2D eigenvalue weighted by atomic mass is 32.1. The van der Waals surface area contributed by atoms with Crippen molar-refractivity contribution >= 4 is 22.8 Å². The molecule has 0 aliphatic carbocycles. The third kappa shape index (κ3) is 5.05. The minimum absolute atomic E-state index is 0.267. The lowest BCUT2D eigenvalue weighted by molar-refractivity contribution is 0.0999. The molecule has 0 atom stereocenters. The van der Waals surface area contributed by atoms with Gasteiger partial charge in [0.2, 0.25) is 5.91 Å². The van der Waals surface area contributed by atoms with Gasteiger partial charge in [0.25, 0.3) is 0 Å². The van der Waals surface area contributed by atoms with Crippen LogP contribution in [0.3, 0.4) is 0 Å². The maximum absolute atomic E-state index is 12.1. The predicted molar refractivity (Wildman–Crippen MR) is 137 cm³/mol. The van der Waals surface area contributed by atoms with Gasteiger partial charge in [-0.15, -0.1) is 11.3 Å². The summed E-state index contributed by atoms with van der Waals surface area (Å²) in [5.74, 6) is -0.107. The zero-order chi connectivity index (χ0) is 23.4. The van der Waals surface area contributed by atoms with Crippen molar-refractivity contribution in [2.45, 2.75) is 46.1 Å². The van der Waals surface area contributed by atoms with Gasteiger partial charge in [0.1, 0.15) is 5.75 Å². The molecule has 5 heteroatoms. The SMILES string of the molecule is CCc1c(C(N)=O)ccc(C(=C2CCN(Cc3cccs3)CC2)c2cccc(O)c2)c1CC. The number of carbonyl (C=O) groups is 1. The number of carbonyl (C=O) groups excluding carboxylic acids is 1. The summed E-state index contributed by atoms with van der Waals surface area (Å²) < 4.78 is 0. The van der Waals surface area contributed by atoms with Gasteiger partial charge in [-0.05, 0) is 83.2 Å². The lowest BCUT2D eigenvalue weighted by Gasteiger charge is -2.30. The Balaban J connectivity index is 1.78. The van der Waals surface area contributed by atoms with Crippen LogP contribution >= 0.6 is 11.3 Å². The summed E-state index contributed by atoms with van der Waals surface area (Å²) >= 11 is 1.81. The average Bonchev–Trinajstić information content (AvgIpc) is 3.33. The summed E-state index contributed by atoms with van der Waals surface area (Å²) in [6.45, 7) is 7.24. The summed E-state index contributed by atoms with van der Waals surface area (Å²) in [5.41, 5.74) is 13.3. The van der Waals surface area contributed by atoms with Gasteiger partial charge >= 0.3 is 0 Å². The monoisotopic (exact) mass is 460 g/mol. The van der Waals surface area contributed by atoms with Crippen LogP contribution in [-0.2, 0) is 19.4 Å². The van der Waals surface area contributed by atoms with E-state index < -0.39 is 0 Å². The van der Waals surface area contributed by atoms with Crippen molar-refractivity contribution in [2.24, 2.45) is 5.73 Å². The number of nitrogens with two attached hydrogens (primary N) is 1. The summed E-state index contributed by atoms with van der Waals surface area (Å²) in [5, 5.41) is 12.4. The van der Waals surface area contributed by atoms with Crippen molar-refractivity contribution in [1.29, 1.82) is 0 Å². The number of hydrogen-bond donors (Lipinski definition) is 2. The molecule has 2 aromatic carbocycles. The summed E-state index contributed by atoms with van der Waals surface area (Å²) in [6.07, 6.45) is 3.54. The van der Waals surface area contributed by atoms with Gasteiger partial charge in [-0.1, -0.05) is 43.7 Å². The molecule has 172 valence electrons. The summed E-state index contributed by atoms with van der Waals surface area (Å²) in [7, 11) is 0. The number of thiophene rings is 1. The summed E-state index contributed by atoms with van der Waals surface area (Å²) in [4.78, 5) is 16.0. The Labute approximate surface area is 200 Å². The number of rotatable bonds is 7. The smallest absolute Gasteiger partial charge is 0.248 e. The van der Waals surface area contributed by atoms with Crippen molar-refractivity contribution in [3.63, 3.8) is 0 Å². The zero-order valence-electron chi connectivity index (χ0n) is 19.4. The van der Waals surface area contributed by atoms with Crippen molar-refractivity contribution in [2.75, 3.05) is 13.1 Å². The van der Waals surface area contributed by atoms with Crippen LogP contribution in [0.5, 0.6) is 5.75 Å². The van der Waals surface area contributed by atoms with Crippen molar-refractivity contribution in [3.05, 3.63) is 92.2 Å². The Morgan fingerprint density at radius 2 is 1.70 bits per heavy atom. The lowest BCUT2D eigenvalue weighted by atomic mass is 9.82. The second-order valence-electron chi connectivity index (χ2n) is 8.57. The minimum atomic E-state index is -0.374. The Kier molecular flexibility index (Phi) is 7.31. The highest BCUT2D eigenvalue weighted by Crippen LogP contribution is 2.37. The molecule has 1 saturated heterocycles. The maximum atomic E-state index is 12.1. The first-order valence-corrected chi connectivity index (χ1v) is 12.6. The van der Waals surface area contributed by atoms with Gasteiger partial charge in [-0.25, -0.2) is 0 Å². The number of nitrogens with zero attached hydrogens (tertiary/aromatic N) is 1. The van der Waals surface area contributed by atoms with E-state index in [1.807, 2.05) is 29.5 Å². The highest BCUT2D eigenvalue weighted by Gasteiger charge is 2.23. The van der Waals surface area contributed by atoms with Gasteiger partial charge in [-0.3, -0.25) is 9.69 Å². The molecule has 0 saturated carbocycles. The largest absolute Gasteiger partial charge is 0.508 e. The molecule has 1 amide bonds. The van der Waals surface area contributed by atoms with Crippen LogP contribution in [0.1, 0.15) is 64.2 Å². The van der Waals surface area contributed by atoms with Crippen LogP contribution in [0, 0.1) is 0 Å². The molecule has 1 aromatic heterocycles. The van der Waals surface area contributed by atoms with E-state index in [1.165, 1.54) is 21.6 Å². The first-order valence-electron chi connectivity index (χ1n) is 11.7. The number of aromatic hydroxyl groups is 1. The second-order valence-corrected chi connectivity index (χ2v) is 9.61. The number of benzene rings is 2. The normalized spacial score (nSPS) is 14.4. The number of phenolic OH excluding ortho intramolecular Hbond substituents is 1. The van der Waals surface area contributed by atoms with E-state index in [1.54, 1.807) is 6.07 Å². The van der Waals surface area contributed by atoms with Crippen LogP contribution in [-0.4, -0.2) is 29.0 Å². The number of likely N-dealkylation sites (tertiary alicyclic amines) is 1. The lowest BCUT2D eigenvalue weighted by Crippen LogP contribution is -2.30. The minimum Gasteiger partial charge on any atom is -0.508 e. The third-order valence-corrected chi connectivity index (χ3v) is 7.44. The molecule has 0 radical (unpaired) electrons. The van der Waals surface area contributed by atoms with Gasteiger partial charge < -0.3 is 10.8 Å². The van der Waals surface area contributed by atoms with E-state index in [0.717, 1.165) is 62.0 Å². The van der Waals surface area contributed by atoms with Gasteiger partial charge in [0.05, 0.1) is 0 Å². The molecular weight excluding hydrogens is 428 g/mol. The molecule has 1 fully saturated rings. The van der Waals surface area contributed by atoms with Crippen molar-refractivity contribution < 1.29 is 9.90 Å². The molecule has 3 aromatic rings. The topological polar surface area (TPSA) is 66.6 Å². The molecule has 0 bridgehead atoms. The van der Waals surface area contributed by atoms with Gasteiger partial charge in [0, 0.05) is 30.1 Å². The highest BCUT2D eigenvalue weighted by molar-refractivity contribution is 7.09. The molecule has 4 nitrogen and oxygen atoms in total. The van der Waals surface area contributed by atoms with E-state index in [2.05, 4.69) is 48.4 Å². The molecule has 1 aliphatic heterocycles. The summed E-state index contributed by atoms with van der Waals surface area (Å²) in [6, 6.07) is 15.8. The van der Waals surface area contributed by atoms with Crippen LogP contribution in [0.25, 0.3) is 5.57 Å². The fraction of sp³-hybridized carbons (Fsp3) is 0.321. The zero-order valence-corrected chi connectivity index (χ0v) is 20.3. The molecule has 4 rings (SSSR count). The van der Waals surface area contributed by atoms with E-state index >= 15 is 0 Å². The van der Waals surface area contributed by atoms with Crippen molar-refractivity contribution in [1.82, 2.24) is 4.90 Å². The standard InChI is InChI=1S/C28H32N2O2S/c1-3-23-24(4-2)26(28(29)32)11-10-25(23)27(20-7-5-8-21(31)17-20)19-12-14-30(15-13-19)18-22-9-6-16-33-22/h5-11,16-17,31H,3-4,12-15,18H2,1-2H3,(H2,29,32). The van der Waals surface area contributed by atoms with Crippen molar-refractivity contribution in [3.8, 4) is 5.75 Å². The number of phenols is 1.